The molecule has 0 unspecified atom stereocenters. The van der Waals surface area contributed by atoms with Gasteiger partial charge in [0.25, 0.3) is 0 Å². The van der Waals surface area contributed by atoms with Crippen molar-refractivity contribution >= 4 is 0 Å². The van der Waals surface area contributed by atoms with Gasteiger partial charge in [0.1, 0.15) is 11.4 Å². The summed E-state index contributed by atoms with van der Waals surface area (Å²) in [6, 6.07) is 2.22. The number of hydrogen-bond donors (Lipinski definition) is 1. The minimum absolute atomic E-state index is 0.207. The van der Waals surface area contributed by atoms with Crippen molar-refractivity contribution in [1.29, 1.82) is 0 Å². The van der Waals surface area contributed by atoms with Crippen molar-refractivity contribution in [3.8, 4) is 0 Å². The molecular formula is C10H8F4O2. The summed E-state index contributed by atoms with van der Waals surface area (Å²) in [7, 11) is 0. The second-order valence-electron chi connectivity index (χ2n) is 3.71. The topological polar surface area (TPSA) is 29.5 Å². The lowest BCUT2D eigenvalue weighted by Crippen LogP contribution is -2.47. The monoisotopic (exact) mass is 236 g/mol. The Bertz CT molecular complexity index is 410. The van der Waals surface area contributed by atoms with E-state index in [0.717, 1.165) is 12.1 Å². The minimum atomic E-state index is -4.69. The number of halogens is 4. The van der Waals surface area contributed by atoms with Crippen LogP contribution in [0.3, 0.4) is 0 Å². The molecule has 1 aliphatic rings. The van der Waals surface area contributed by atoms with E-state index in [-0.39, 0.29) is 18.8 Å². The number of ether oxygens (including phenoxy) is 1. The Morgan fingerprint density at radius 2 is 1.88 bits per heavy atom. The van der Waals surface area contributed by atoms with Crippen molar-refractivity contribution in [2.75, 3.05) is 13.2 Å². The fourth-order valence-electron chi connectivity index (χ4n) is 1.61. The maximum Gasteiger partial charge on any atom is 0.416 e. The molecule has 0 amide bonds. The Hall–Kier alpha value is -1.14. The van der Waals surface area contributed by atoms with Crippen molar-refractivity contribution in [3.05, 3.63) is 35.1 Å². The molecule has 0 aromatic heterocycles. The summed E-state index contributed by atoms with van der Waals surface area (Å²) >= 11 is 0. The van der Waals surface area contributed by atoms with Crippen LogP contribution in [0.25, 0.3) is 0 Å². The highest BCUT2D eigenvalue weighted by molar-refractivity contribution is 5.36. The Morgan fingerprint density at radius 1 is 1.25 bits per heavy atom. The molecule has 0 saturated carbocycles. The second-order valence-corrected chi connectivity index (χ2v) is 3.71. The first-order chi connectivity index (χ1) is 7.33. The SMILES string of the molecule is OC1(c2ccc(F)cc2C(F)(F)F)COC1. The molecule has 1 aromatic rings. The third-order valence-electron chi connectivity index (χ3n) is 2.47. The van der Waals surface area contributed by atoms with E-state index >= 15 is 0 Å². The zero-order chi connectivity index (χ0) is 12.0. The quantitative estimate of drug-likeness (QED) is 0.756. The van der Waals surface area contributed by atoms with E-state index in [1.165, 1.54) is 0 Å². The molecule has 88 valence electrons. The molecule has 0 bridgehead atoms. The van der Waals surface area contributed by atoms with Gasteiger partial charge in [0, 0.05) is 5.56 Å². The molecule has 1 N–H and O–H groups in total. The normalized spacial score (nSPS) is 19.3. The maximum absolute atomic E-state index is 12.8. The lowest BCUT2D eigenvalue weighted by Gasteiger charge is -2.38. The molecule has 1 aliphatic heterocycles. The summed E-state index contributed by atoms with van der Waals surface area (Å²) < 4.78 is 55.3. The Labute approximate surface area is 88.5 Å². The highest BCUT2D eigenvalue weighted by atomic mass is 19.4. The van der Waals surface area contributed by atoms with E-state index in [1.54, 1.807) is 0 Å². The van der Waals surface area contributed by atoms with Gasteiger partial charge in [-0.05, 0) is 12.1 Å². The fraction of sp³-hybridized carbons (Fsp3) is 0.400. The third-order valence-corrected chi connectivity index (χ3v) is 2.47. The van der Waals surface area contributed by atoms with E-state index in [0.29, 0.717) is 6.07 Å². The fourth-order valence-corrected chi connectivity index (χ4v) is 1.61. The molecule has 1 aromatic carbocycles. The van der Waals surface area contributed by atoms with Gasteiger partial charge < -0.3 is 9.84 Å². The lowest BCUT2D eigenvalue weighted by atomic mass is 9.88. The van der Waals surface area contributed by atoms with Crippen molar-refractivity contribution in [2.45, 2.75) is 11.8 Å². The zero-order valence-corrected chi connectivity index (χ0v) is 8.01. The van der Waals surface area contributed by atoms with Gasteiger partial charge in [-0.15, -0.1) is 0 Å². The van der Waals surface area contributed by atoms with Crippen LogP contribution >= 0.6 is 0 Å². The predicted molar refractivity (Wildman–Crippen MR) is 46.1 cm³/mol. The van der Waals surface area contributed by atoms with Gasteiger partial charge in [-0.1, -0.05) is 6.07 Å². The maximum atomic E-state index is 12.8. The van der Waals surface area contributed by atoms with Gasteiger partial charge in [0.15, 0.2) is 0 Å². The lowest BCUT2D eigenvalue weighted by molar-refractivity contribution is -0.191. The number of hydrogen-bond acceptors (Lipinski definition) is 2. The first kappa shape index (κ1) is 11.3. The molecule has 0 aliphatic carbocycles. The third kappa shape index (κ3) is 1.78. The molecule has 0 atom stereocenters. The molecule has 1 fully saturated rings. The first-order valence-corrected chi connectivity index (χ1v) is 4.50. The Balaban J connectivity index is 2.52. The molecule has 1 heterocycles. The van der Waals surface area contributed by atoms with Gasteiger partial charge >= 0.3 is 6.18 Å². The van der Waals surface area contributed by atoms with Crippen molar-refractivity contribution in [2.24, 2.45) is 0 Å². The van der Waals surface area contributed by atoms with E-state index in [2.05, 4.69) is 4.74 Å². The van der Waals surface area contributed by atoms with Crippen LogP contribution < -0.4 is 0 Å². The largest absolute Gasteiger partial charge is 0.416 e. The average Bonchev–Trinajstić information content (AvgIpc) is 2.13. The van der Waals surface area contributed by atoms with Gasteiger partial charge in [-0.3, -0.25) is 0 Å². The summed E-state index contributed by atoms with van der Waals surface area (Å²) in [4.78, 5) is 0. The smallest absolute Gasteiger partial charge is 0.380 e. The summed E-state index contributed by atoms with van der Waals surface area (Å²) in [6.07, 6.45) is -4.69. The standard InChI is InChI=1S/C10H8F4O2/c11-6-1-2-7(9(15)4-16-5-9)8(3-6)10(12,13)14/h1-3,15H,4-5H2. The summed E-state index contributed by atoms with van der Waals surface area (Å²) in [5.41, 5.74) is -3.15. The first-order valence-electron chi connectivity index (χ1n) is 4.50. The van der Waals surface area contributed by atoms with Crippen LogP contribution in [-0.2, 0) is 16.5 Å². The predicted octanol–water partition coefficient (Wildman–Crippen LogP) is 2.06. The minimum Gasteiger partial charge on any atom is -0.380 e. The highest BCUT2D eigenvalue weighted by Crippen LogP contribution is 2.39. The average molecular weight is 236 g/mol. The molecule has 6 heteroatoms. The molecule has 0 radical (unpaired) electrons. The second kappa shape index (κ2) is 3.43. The van der Waals surface area contributed by atoms with Crippen molar-refractivity contribution in [3.63, 3.8) is 0 Å². The van der Waals surface area contributed by atoms with Crippen LogP contribution in [0.4, 0.5) is 17.6 Å². The Morgan fingerprint density at radius 3 is 2.31 bits per heavy atom. The van der Waals surface area contributed by atoms with Gasteiger partial charge in [0.05, 0.1) is 18.8 Å². The van der Waals surface area contributed by atoms with Gasteiger partial charge in [0.2, 0.25) is 0 Å². The molecule has 16 heavy (non-hydrogen) atoms. The van der Waals surface area contributed by atoms with Crippen molar-refractivity contribution in [1.82, 2.24) is 0 Å². The van der Waals surface area contributed by atoms with Crippen LogP contribution in [0.1, 0.15) is 11.1 Å². The van der Waals surface area contributed by atoms with E-state index < -0.39 is 23.2 Å². The molecule has 2 rings (SSSR count). The molecule has 1 saturated heterocycles. The summed E-state index contributed by atoms with van der Waals surface area (Å²) in [5.74, 6) is -0.986. The van der Waals surface area contributed by atoms with Crippen LogP contribution in [0.15, 0.2) is 18.2 Å². The van der Waals surface area contributed by atoms with E-state index in [4.69, 9.17) is 0 Å². The van der Waals surface area contributed by atoms with Gasteiger partial charge in [-0.2, -0.15) is 13.2 Å². The number of rotatable bonds is 1. The van der Waals surface area contributed by atoms with Crippen LogP contribution in [-0.4, -0.2) is 18.3 Å². The van der Waals surface area contributed by atoms with Crippen LogP contribution in [0.2, 0.25) is 0 Å². The van der Waals surface area contributed by atoms with Crippen LogP contribution in [0.5, 0.6) is 0 Å². The number of benzene rings is 1. The number of aliphatic hydroxyl groups is 1. The van der Waals surface area contributed by atoms with E-state index in [1.807, 2.05) is 0 Å². The van der Waals surface area contributed by atoms with Crippen LogP contribution in [0, 0.1) is 5.82 Å². The molecular weight excluding hydrogens is 228 g/mol. The highest BCUT2D eigenvalue weighted by Gasteiger charge is 2.45. The summed E-state index contributed by atoms with van der Waals surface area (Å²) in [5, 5.41) is 9.77. The zero-order valence-electron chi connectivity index (χ0n) is 8.01. The molecule has 0 spiro atoms. The molecule has 2 nitrogen and oxygen atoms in total. The summed E-state index contributed by atoms with van der Waals surface area (Å²) in [6.45, 7) is -0.413. The van der Waals surface area contributed by atoms with Crippen molar-refractivity contribution < 1.29 is 27.4 Å². The van der Waals surface area contributed by atoms with Gasteiger partial charge in [-0.25, -0.2) is 4.39 Å². The number of alkyl halides is 3. The Kier molecular flexibility index (Phi) is 2.43. The van der Waals surface area contributed by atoms with E-state index in [9.17, 15) is 22.7 Å².